The van der Waals surface area contributed by atoms with Crippen molar-refractivity contribution in [3.05, 3.63) is 47.0 Å². The van der Waals surface area contributed by atoms with Gasteiger partial charge in [-0.05, 0) is 37.6 Å². The van der Waals surface area contributed by atoms with Crippen molar-refractivity contribution in [2.24, 2.45) is 0 Å². The first-order valence-corrected chi connectivity index (χ1v) is 6.97. The van der Waals surface area contributed by atoms with Crippen LogP contribution in [-0.2, 0) is 6.18 Å². The van der Waals surface area contributed by atoms with Crippen LogP contribution in [0.15, 0.2) is 30.7 Å². The maximum atomic E-state index is 12.7. The summed E-state index contributed by atoms with van der Waals surface area (Å²) in [5.74, 6) is 0. The molecule has 0 saturated carbocycles. The fraction of sp³-hybridized carbons (Fsp3) is 0.357. The highest BCUT2D eigenvalue weighted by molar-refractivity contribution is 6.32. The van der Waals surface area contributed by atoms with Gasteiger partial charge in [-0.15, -0.1) is 0 Å². The van der Waals surface area contributed by atoms with Crippen LogP contribution in [-0.4, -0.2) is 16.1 Å². The van der Waals surface area contributed by atoms with E-state index >= 15 is 0 Å². The maximum Gasteiger partial charge on any atom is 0.416 e. The molecule has 1 saturated heterocycles. The van der Waals surface area contributed by atoms with Gasteiger partial charge in [0.15, 0.2) is 0 Å². The molecule has 21 heavy (non-hydrogen) atoms. The Hall–Kier alpha value is -1.53. The normalized spacial score (nSPS) is 19.1. The van der Waals surface area contributed by atoms with Crippen LogP contribution < -0.4 is 5.32 Å². The second-order valence-corrected chi connectivity index (χ2v) is 5.41. The van der Waals surface area contributed by atoms with E-state index in [9.17, 15) is 13.2 Å². The Labute approximate surface area is 124 Å². The van der Waals surface area contributed by atoms with Crippen molar-refractivity contribution >= 4 is 11.6 Å². The molecule has 2 aromatic rings. The Kier molecular flexibility index (Phi) is 3.67. The monoisotopic (exact) mass is 315 g/mol. The lowest BCUT2D eigenvalue weighted by atomic mass is 10.1. The lowest BCUT2D eigenvalue weighted by Crippen LogP contribution is -2.16. The highest BCUT2D eigenvalue weighted by Gasteiger charge is 2.31. The third kappa shape index (κ3) is 2.78. The molecule has 3 rings (SSSR count). The number of halogens is 4. The third-order valence-corrected chi connectivity index (χ3v) is 3.92. The minimum atomic E-state index is -4.40. The predicted octanol–water partition coefficient (Wildman–Crippen LogP) is 3.97. The molecule has 7 heteroatoms. The Morgan fingerprint density at radius 3 is 2.76 bits per heavy atom. The zero-order chi connectivity index (χ0) is 15.0. The fourth-order valence-electron chi connectivity index (χ4n) is 2.58. The lowest BCUT2D eigenvalue weighted by molar-refractivity contribution is -0.137. The van der Waals surface area contributed by atoms with Crippen LogP contribution in [0, 0.1) is 0 Å². The van der Waals surface area contributed by atoms with E-state index in [1.807, 2.05) is 0 Å². The van der Waals surface area contributed by atoms with Crippen molar-refractivity contribution in [2.45, 2.75) is 25.1 Å². The van der Waals surface area contributed by atoms with Gasteiger partial charge >= 0.3 is 6.18 Å². The van der Waals surface area contributed by atoms with Crippen LogP contribution in [0.3, 0.4) is 0 Å². The lowest BCUT2D eigenvalue weighted by Gasteiger charge is -2.16. The van der Waals surface area contributed by atoms with Crippen molar-refractivity contribution in [3.8, 4) is 5.69 Å². The van der Waals surface area contributed by atoms with Crippen LogP contribution in [0.4, 0.5) is 13.2 Å². The van der Waals surface area contributed by atoms with E-state index in [0.717, 1.165) is 37.2 Å². The largest absolute Gasteiger partial charge is 0.416 e. The van der Waals surface area contributed by atoms with Gasteiger partial charge in [0, 0.05) is 6.04 Å². The summed E-state index contributed by atoms with van der Waals surface area (Å²) in [4.78, 5) is 4.10. The number of nitrogens with one attached hydrogen (secondary N) is 1. The molecule has 0 bridgehead atoms. The number of rotatable bonds is 2. The fourth-order valence-corrected chi connectivity index (χ4v) is 2.85. The number of benzene rings is 1. The average molecular weight is 316 g/mol. The number of hydrogen-bond donors (Lipinski definition) is 1. The quantitative estimate of drug-likeness (QED) is 0.909. The third-order valence-electron chi connectivity index (χ3n) is 3.62. The van der Waals surface area contributed by atoms with Gasteiger partial charge in [0.05, 0.1) is 34.5 Å². The second kappa shape index (κ2) is 5.35. The molecule has 1 unspecified atom stereocenters. The van der Waals surface area contributed by atoms with Gasteiger partial charge in [-0.2, -0.15) is 13.2 Å². The van der Waals surface area contributed by atoms with E-state index < -0.39 is 11.7 Å². The number of nitrogens with zero attached hydrogens (tertiary/aromatic N) is 2. The van der Waals surface area contributed by atoms with Gasteiger partial charge in [0.1, 0.15) is 0 Å². The van der Waals surface area contributed by atoms with Crippen LogP contribution in [0.2, 0.25) is 5.02 Å². The van der Waals surface area contributed by atoms with Gasteiger partial charge in [0.25, 0.3) is 0 Å². The summed E-state index contributed by atoms with van der Waals surface area (Å²) in [5, 5.41) is 3.40. The summed E-state index contributed by atoms with van der Waals surface area (Å²) < 4.78 is 39.8. The topological polar surface area (TPSA) is 29.9 Å². The van der Waals surface area contributed by atoms with E-state index in [-0.39, 0.29) is 11.1 Å². The highest BCUT2D eigenvalue weighted by Crippen LogP contribution is 2.34. The van der Waals surface area contributed by atoms with Gasteiger partial charge in [-0.1, -0.05) is 11.6 Å². The second-order valence-electron chi connectivity index (χ2n) is 5.00. The molecule has 1 aromatic carbocycles. The Bertz CT molecular complexity index is 645. The molecule has 1 atom stereocenters. The van der Waals surface area contributed by atoms with Gasteiger partial charge in [-0.3, -0.25) is 0 Å². The standard InChI is InChI=1S/C14H13ClF3N3/c15-10-6-9(14(16,17)18)3-4-12(10)21-8-19-7-13(21)11-2-1-5-20-11/h3-4,6-8,11,20H,1-2,5H2. The molecule has 0 radical (unpaired) electrons. The first-order chi connectivity index (χ1) is 9.97. The molecule has 1 fully saturated rings. The summed E-state index contributed by atoms with van der Waals surface area (Å²) >= 11 is 6.04. The smallest absolute Gasteiger partial charge is 0.309 e. The van der Waals surface area contributed by atoms with Crippen molar-refractivity contribution < 1.29 is 13.2 Å². The SMILES string of the molecule is FC(F)(F)c1ccc(-n2cncc2C2CCCN2)c(Cl)c1. The summed E-state index contributed by atoms with van der Waals surface area (Å²) in [6.45, 7) is 0.927. The molecule has 0 amide bonds. The number of aromatic nitrogens is 2. The Balaban J connectivity index is 2.00. The Morgan fingerprint density at radius 1 is 1.33 bits per heavy atom. The minimum absolute atomic E-state index is 0.0575. The molecule has 0 aliphatic carbocycles. The van der Waals surface area contributed by atoms with Gasteiger partial charge in [0.2, 0.25) is 0 Å². The predicted molar refractivity (Wildman–Crippen MR) is 73.6 cm³/mol. The molecule has 3 nitrogen and oxygen atoms in total. The summed E-state index contributed by atoms with van der Waals surface area (Å²) in [7, 11) is 0. The van der Waals surface area contributed by atoms with Crippen molar-refractivity contribution in [1.29, 1.82) is 0 Å². The van der Waals surface area contributed by atoms with E-state index in [0.29, 0.717) is 5.69 Å². The molecule has 1 aromatic heterocycles. The van der Waals surface area contributed by atoms with Crippen LogP contribution in [0.25, 0.3) is 5.69 Å². The average Bonchev–Trinajstić information content (AvgIpc) is 3.08. The van der Waals surface area contributed by atoms with Crippen molar-refractivity contribution in [1.82, 2.24) is 14.9 Å². The maximum absolute atomic E-state index is 12.7. The van der Waals surface area contributed by atoms with Crippen molar-refractivity contribution in [3.63, 3.8) is 0 Å². The van der Waals surface area contributed by atoms with E-state index in [1.54, 1.807) is 17.1 Å². The van der Waals surface area contributed by atoms with Crippen LogP contribution >= 0.6 is 11.6 Å². The Morgan fingerprint density at radius 2 is 2.14 bits per heavy atom. The van der Waals surface area contributed by atoms with Gasteiger partial charge < -0.3 is 9.88 Å². The molecule has 2 heterocycles. The molecule has 0 spiro atoms. The molecule has 1 aliphatic heterocycles. The van der Waals surface area contributed by atoms with E-state index in [1.165, 1.54) is 6.07 Å². The zero-order valence-corrected chi connectivity index (χ0v) is 11.7. The summed E-state index contributed by atoms with van der Waals surface area (Å²) in [5.41, 5.74) is 0.664. The summed E-state index contributed by atoms with van der Waals surface area (Å²) in [6.07, 6.45) is 0.939. The number of imidazole rings is 1. The van der Waals surface area contributed by atoms with Crippen LogP contribution in [0.1, 0.15) is 30.1 Å². The van der Waals surface area contributed by atoms with Gasteiger partial charge in [-0.25, -0.2) is 4.98 Å². The molecular formula is C14H13ClF3N3. The van der Waals surface area contributed by atoms with E-state index in [4.69, 9.17) is 11.6 Å². The number of alkyl halides is 3. The summed E-state index contributed by atoms with van der Waals surface area (Å²) in [6, 6.07) is 3.52. The highest BCUT2D eigenvalue weighted by atomic mass is 35.5. The van der Waals surface area contributed by atoms with Crippen LogP contribution in [0.5, 0.6) is 0 Å². The first-order valence-electron chi connectivity index (χ1n) is 6.59. The molecular weight excluding hydrogens is 303 g/mol. The number of hydrogen-bond acceptors (Lipinski definition) is 2. The van der Waals surface area contributed by atoms with E-state index in [2.05, 4.69) is 10.3 Å². The molecule has 1 aliphatic rings. The zero-order valence-electron chi connectivity index (χ0n) is 11.0. The molecule has 1 N–H and O–H groups in total. The minimum Gasteiger partial charge on any atom is -0.309 e. The first kappa shape index (κ1) is 14.4. The van der Waals surface area contributed by atoms with Crippen molar-refractivity contribution in [2.75, 3.05) is 6.54 Å². The molecule has 112 valence electrons.